The number of nitrogen functional groups attached to an aromatic ring is 1. The van der Waals surface area contributed by atoms with E-state index in [1.54, 1.807) is 0 Å². The largest absolute Gasteiger partial charge is 0.481 e. The van der Waals surface area contributed by atoms with E-state index in [0.29, 0.717) is 44.9 Å². The highest BCUT2D eigenvalue weighted by Crippen LogP contribution is 2.60. The van der Waals surface area contributed by atoms with E-state index in [2.05, 4.69) is 23.1 Å². The molecule has 3 heterocycles. The third-order valence-corrected chi connectivity index (χ3v) is 16.1. The van der Waals surface area contributed by atoms with Gasteiger partial charge in [-0.3, -0.25) is 23.2 Å². The minimum absolute atomic E-state index is 0.0105. The van der Waals surface area contributed by atoms with Crippen molar-refractivity contribution in [2.75, 3.05) is 25.6 Å². The fourth-order valence-electron chi connectivity index (χ4n) is 8.89. The van der Waals surface area contributed by atoms with E-state index < -0.39 is 120 Å². The molecule has 21 nitrogen and oxygen atoms in total. The molecular formula is C49H87N3O18P2. The fourth-order valence-corrected chi connectivity index (χ4v) is 11.0. The van der Waals surface area contributed by atoms with E-state index in [1.807, 2.05) is 6.92 Å². The predicted molar refractivity (Wildman–Crippen MR) is 268 cm³/mol. The summed E-state index contributed by atoms with van der Waals surface area (Å²) in [5, 5.41) is 57.5. The lowest BCUT2D eigenvalue weighted by Crippen LogP contribution is -2.52. The van der Waals surface area contributed by atoms with E-state index in [9.17, 15) is 58.8 Å². The molecule has 1 aromatic rings. The number of cyclic esters (lactones) is 1. The van der Waals surface area contributed by atoms with Gasteiger partial charge in [0.05, 0.1) is 37.6 Å². The summed E-state index contributed by atoms with van der Waals surface area (Å²) in [5.41, 5.74) is 4.81. The number of hydrogen-bond donors (Lipinski definition) is 8. The Morgan fingerprint density at radius 3 is 2.12 bits per heavy atom. The maximum atomic E-state index is 13.4. The molecular weight excluding hydrogens is 980 g/mol. The van der Waals surface area contributed by atoms with Gasteiger partial charge in [0.25, 0.3) is 0 Å². The topological polar surface area (TPSA) is 326 Å². The van der Waals surface area contributed by atoms with Crippen molar-refractivity contribution in [2.45, 2.75) is 224 Å². The molecule has 3 rings (SSSR count). The summed E-state index contributed by atoms with van der Waals surface area (Å²) < 4.78 is 59.2. The maximum Gasteiger partial charge on any atom is 0.481 e. The van der Waals surface area contributed by atoms with Gasteiger partial charge in [0.1, 0.15) is 30.9 Å². The number of nitrogens with zero attached hydrogens (tertiary/aromatic N) is 2. The van der Waals surface area contributed by atoms with Crippen LogP contribution in [0.5, 0.6) is 0 Å². The van der Waals surface area contributed by atoms with Crippen LogP contribution in [0.1, 0.15) is 181 Å². The monoisotopic (exact) mass is 1070 g/mol. The van der Waals surface area contributed by atoms with E-state index in [4.69, 9.17) is 29.0 Å². The molecule has 2 fully saturated rings. The number of ether oxygens (including phenoxy) is 3. The smallest absolute Gasteiger partial charge is 0.462 e. The fraction of sp³-hybridized carbons (Fsp3) is 0.837. The number of aromatic nitrogens is 2. The number of rotatable bonds is 22. The van der Waals surface area contributed by atoms with Crippen molar-refractivity contribution in [3.8, 4) is 0 Å². The Morgan fingerprint density at radius 1 is 0.847 bits per heavy atom. The molecule has 416 valence electrons. The summed E-state index contributed by atoms with van der Waals surface area (Å²) >= 11 is 0. The lowest BCUT2D eigenvalue weighted by atomic mass is 9.82. The summed E-state index contributed by atoms with van der Waals surface area (Å²) in [6.07, 6.45) is 7.91. The normalized spacial score (nSPS) is 31.0. The minimum atomic E-state index is -5.69. The molecule has 0 aromatic carbocycles. The first-order valence-electron chi connectivity index (χ1n) is 26.4. The van der Waals surface area contributed by atoms with Crippen molar-refractivity contribution >= 4 is 33.4 Å². The van der Waals surface area contributed by atoms with Crippen LogP contribution >= 0.6 is 15.6 Å². The molecule has 72 heavy (non-hydrogen) atoms. The molecule has 0 aliphatic carbocycles. The van der Waals surface area contributed by atoms with Gasteiger partial charge >= 0.3 is 33.3 Å². The van der Waals surface area contributed by atoms with Gasteiger partial charge in [0, 0.05) is 37.3 Å². The van der Waals surface area contributed by atoms with Crippen LogP contribution in [-0.2, 0) is 46.3 Å². The van der Waals surface area contributed by atoms with Crippen molar-refractivity contribution in [3.63, 3.8) is 0 Å². The van der Waals surface area contributed by atoms with E-state index >= 15 is 0 Å². The maximum absolute atomic E-state index is 13.4. The van der Waals surface area contributed by atoms with Crippen LogP contribution in [0.2, 0.25) is 0 Å². The number of fused-ring (bicyclic) bond motifs is 3. The van der Waals surface area contributed by atoms with Gasteiger partial charge in [0.2, 0.25) is 0 Å². The molecule has 2 saturated heterocycles. The van der Waals surface area contributed by atoms with Gasteiger partial charge in [-0.05, 0) is 37.7 Å². The zero-order valence-corrected chi connectivity index (χ0v) is 44.5. The highest BCUT2D eigenvalue weighted by molar-refractivity contribution is 7.61. The van der Waals surface area contributed by atoms with Gasteiger partial charge in [-0.2, -0.15) is 9.29 Å². The van der Waals surface area contributed by atoms with Gasteiger partial charge in [-0.15, -0.1) is 0 Å². The average Bonchev–Trinajstić information content (AvgIpc) is 3.31. The van der Waals surface area contributed by atoms with Crippen molar-refractivity contribution in [1.29, 1.82) is 0 Å². The number of hydrogen-bond acceptors (Lipinski definition) is 18. The SMILES string of the molecule is CCCCC[C@H](O)/C=C/[C@@H]1[C@H](O)[C@H](O)[C@H]2COP(=O)(O)OP(=O)(O)OC[C@H](OC(=O)CCCCCCCCCCCCC(C)CC)COC(=O)CCCCCC[C@H]([C@H](n3ccc(N)nc3=O)O2)[C@@H](O)C[C@H]1O. The number of carbonyl (C=O) groups excluding carboxylic acids is 2. The zero-order valence-electron chi connectivity index (χ0n) is 42.7. The van der Waals surface area contributed by atoms with Gasteiger partial charge < -0.3 is 55.3 Å². The zero-order chi connectivity index (χ0) is 53.1. The van der Waals surface area contributed by atoms with Gasteiger partial charge in [-0.1, -0.05) is 142 Å². The molecule has 3 unspecified atom stereocenters. The first-order chi connectivity index (χ1) is 34.3. The summed E-state index contributed by atoms with van der Waals surface area (Å²) in [7, 11) is -11.3. The van der Waals surface area contributed by atoms with Crippen LogP contribution in [0.15, 0.2) is 29.2 Å². The summed E-state index contributed by atoms with van der Waals surface area (Å²) in [5.74, 6) is -3.20. The number of phosphoric ester groups is 2. The number of aliphatic hydroxyl groups excluding tert-OH is 5. The highest BCUT2D eigenvalue weighted by Gasteiger charge is 2.45. The molecule has 2 aliphatic heterocycles. The first kappa shape index (κ1) is 63.7. The molecule has 2 aliphatic rings. The lowest BCUT2D eigenvalue weighted by Gasteiger charge is -2.41. The van der Waals surface area contributed by atoms with Crippen LogP contribution in [0.25, 0.3) is 0 Å². The van der Waals surface area contributed by atoms with Crippen LogP contribution in [0.3, 0.4) is 0 Å². The Morgan fingerprint density at radius 2 is 1.47 bits per heavy atom. The summed E-state index contributed by atoms with van der Waals surface area (Å²) in [4.78, 5) is 64.3. The molecule has 0 radical (unpaired) electrons. The van der Waals surface area contributed by atoms with Crippen molar-refractivity contribution in [2.24, 2.45) is 17.8 Å². The second-order valence-corrected chi connectivity index (χ2v) is 22.6. The average molecular weight is 1070 g/mol. The summed E-state index contributed by atoms with van der Waals surface area (Å²) in [6, 6.07) is 1.26. The van der Waals surface area contributed by atoms with Crippen LogP contribution < -0.4 is 11.4 Å². The third-order valence-electron chi connectivity index (χ3n) is 13.5. The Labute approximate surface area is 425 Å². The number of esters is 2. The van der Waals surface area contributed by atoms with Crippen LogP contribution in [0.4, 0.5) is 5.82 Å². The summed E-state index contributed by atoms with van der Waals surface area (Å²) in [6.45, 7) is 3.85. The number of aliphatic hydroxyl groups is 5. The first-order valence-corrected chi connectivity index (χ1v) is 29.3. The second-order valence-electron chi connectivity index (χ2n) is 19.6. The molecule has 9 N–H and O–H groups in total. The van der Waals surface area contributed by atoms with Crippen LogP contribution in [-0.4, -0.2) is 119 Å². The number of unbranched alkanes of at least 4 members (excludes halogenated alkanes) is 11. The molecule has 2 bridgehead atoms. The Hall–Kier alpha value is -2.62. The molecule has 0 amide bonds. The van der Waals surface area contributed by atoms with Crippen molar-refractivity contribution in [1.82, 2.24) is 9.55 Å². The van der Waals surface area contributed by atoms with Crippen LogP contribution in [0, 0.1) is 17.8 Å². The highest BCUT2D eigenvalue weighted by atomic mass is 31.3. The Kier molecular flexibility index (Phi) is 30.2. The molecule has 13 atom stereocenters. The number of carbonyl (C=O) groups is 2. The van der Waals surface area contributed by atoms with Crippen molar-refractivity contribution < 1.29 is 81.6 Å². The number of phosphoric acid groups is 2. The standard InChI is InChI=1S/C49H87N3O18P2/c1-4-6-17-23-36(53)27-28-38-40(54)31-41(55)39-24-19-15-16-20-25-44(56)65-32-37(68-45(57)26-21-14-12-10-8-7-9-11-13-18-22-35(3)5-2)33-66-71(61,62)70-72(63,64)67-34-42(47(59)46(38)58)69-48(39)52-30-29-43(50)51-49(52)60/h27-30,35-42,46-48,53-55,58-59H,4-26,31-34H2,1-3H3,(H,61,62)(H,63,64)(H2,50,51,60)/b28-27+/t35?,36-,37+,38-,39-,40+,41-,42+,46-,47+,48+/m0/s1. The lowest BCUT2D eigenvalue weighted by molar-refractivity contribution is -0.195. The van der Waals surface area contributed by atoms with Gasteiger partial charge in [0.15, 0.2) is 6.10 Å². The predicted octanol–water partition coefficient (Wildman–Crippen LogP) is 7.07. The molecule has 0 spiro atoms. The quantitative estimate of drug-likeness (QED) is 0.0249. The van der Waals surface area contributed by atoms with E-state index in [-0.39, 0.29) is 25.1 Å². The Balaban J connectivity index is 1.81. The van der Waals surface area contributed by atoms with Gasteiger partial charge in [-0.25, -0.2) is 13.9 Å². The molecule has 23 heteroatoms. The van der Waals surface area contributed by atoms with Crippen molar-refractivity contribution in [3.05, 3.63) is 34.9 Å². The van der Waals surface area contributed by atoms with E-state index in [1.165, 1.54) is 69.4 Å². The Bertz CT molecular complexity index is 1890. The second kappa shape index (κ2) is 34.1. The minimum Gasteiger partial charge on any atom is -0.462 e. The third kappa shape index (κ3) is 24.8. The van der Waals surface area contributed by atoms with E-state index in [0.717, 1.165) is 49.0 Å². The number of anilines is 1. The molecule has 0 saturated carbocycles. The molecule has 1 aromatic heterocycles. The number of nitrogens with two attached hydrogens (primary N) is 1.